The number of aliphatic hydroxyl groups excluding tert-OH is 1. The van der Waals surface area contributed by atoms with Crippen LogP contribution in [0.15, 0.2) is 18.5 Å². The van der Waals surface area contributed by atoms with E-state index < -0.39 is 12.1 Å². The fraction of sp³-hybridized carbons (Fsp3) is 0.111. The van der Waals surface area contributed by atoms with Crippen molar-refractivity contribution in [2.45, 2.75) is 6.10 Å². The molecule has 15 heavy (non-hydrogen) atoms. The monoisotopic (exact) mass is 318 g/mol. The Labute approximate surface area is 98.3 Å². The summed E-state index contributed by atoms with van der Waals surface area (Å²) in [7, 11) is 0. The average molecular weight is 318 g/mol. The third-order valence-corrected chi connectivity index (χ3v) is 2.99. The summed E-state index contributed by atoms with van der Waals surface area (Å²) in [6, 6.07) is 3.31. The Morgan fingerprint density at radius 2 is 2.27 bits per heavy atom. The lowest BCUT2D eigenvalue weighted by Crippen LogP contribution is -2.11. The first kappa shape index (κ1) is 10.4. The van der Waals surface area contributed by atoms with Gasteiger partial charge in [-0.05, 0) is 28.7 Å². The second-order valence-corrected chi connectivity index (χ2v) is 4.17. The lowest BCUT2D eigenvalue weighted by atomic mass is 10.1. The van der Waals surface area contributed by atoms with Crippen molar-refractivity contribution in [3.05, 3.63) is 27.6 Å². The highest BCUT2D eigenvalue weighted by atomic mass is 127. The summed E-state index contributed by atoms with van der Waals surface area (Å²) in [6.45, 7) is 0. The normalized spacial score (nSPS) is 12.9. The molecule has 0 aliphatic rings. The molecular weight excluding hydrogens is 311 g/mol. The number of rotatable bonds is 2. The van der Waals surface area contributed by atoms with E-state index in [1.807, 2.05) is 0 Å². The highest BCUT2D eigenvalue weighted by molar-refractivity contribution is 14.1. The highest BCUT2D eigenvalue weighted by Gasteiger charge is 2.20. The van der Waals surface area contributed by atoms with E-state index in [-0.39, 0.29) is 0 Å². The van der Waals surface area contributed by atoms with Crippen LogP contribution in [0.4, 0.5) is 0 Å². The summed E-state index contributed by atoms with van der Waals surface area (Å²) < 4.78 is 0.932. The number of carboxylic acid groups (broad SMARTS) is 1. The number of benzene rings is 1. The number of aliphatic hydroxyl groups is 1. The van der Waals surface area contributed by atoms with E-state index in [0.29, 0.717) is 11.1 Å². The standard InChI is InChI=1S/C9H7IN2O3/c10-5-2-1-4(8(13)9(14)15)6-7(5)12-3-11-6/h1-3,8,13H,(H,11,12)(H,14,15). The first-order valence-corrected chi connectivity index (χ1v) is 5.21. The van der Waals surface area contributed by atoms with Crippen LogP contribution < -0.4 is 0 Å². The van der Waals surface area contributed by atoms with Gasteiger partial charge in [-0.15, -0.1) is 0 Å². The van der Waals surface area contributed by atoms with E-state index in [1.165, 1.54) is 6.33 Å². The van der Waals surface area contributed by atoms with E-state index in [9.17, 15) is 9.90 Å². The molecule has 1 atom stereocenters. The van der Waals surface area contributed by atoms with Crippen molar-refractivity contribution in [3.8, 4) is 0 Å². The fourth-order valence-corrected chi connectivity index (χ4v) is 1.97. The van der Waals surface area contributed by atoms with Gasteiger partial charge in [0.15, 0.2) is 6.10 Å². The molecule has 2 aromatic rings. The van der Waals surface area contributed by atoms with Gasteiger partial charge in [-0.25, -0.2) is 9.78 Å². The molecule has 0 saturated carbocycles. The van der Waals surface area contributed by atoms with Crippen LogP contribution in [0.3, 0.4) is 0 Å². The molecule has 0 fully saturated rings. The minimum absolute atomic E-state index is 0.305. The van der Waals surface area contributed by atoms with Gasteiger partial charge in [0.1, 0.15) is 0 Å². The Morgan fingerprint density at radius 1 is 1.53 bits per heavy atom. The van der Waals surface area contributed by atoms with Crippen LogP contribution >= 0.6 is 22.6 Å². The van der Waals surface area contributed by atoms with E-state index in [0.717, 1.165) is 9.09 Å². The summed E-state index contributed by atoms with van der Waals surface area (Å²) in [5, 5.41) is 18.2. The number of nitrogens with one attached hydrogen (secondary N) is 1. The van der Waals surface area contributed by atoms with Gasteiger partial charge in [-0.2, -0.15) is 0 Å². The summed E-state index contributed by atoms with van der Waals surface area (Å²) in [6.07, 6.45) is -0.0574. The first-order chi connectivity index (χ1) is 7.11. The molecule has 5 nitrogen and oxygen atoms in total. The molecule has 0 bridgehead atoms. The van der Waals surface area contributed by atoms with Crippen molar-refractivity contribution in [1.29, 1.82) is 0 Å². The van der Waals surface area contributed by atoms with E-state index in [4.69, 9.17) is 5.11 Å². The largest absolute Gasteiger partial charge is 0.479 e. The summed E-state index contributed by atoms with van der Waals surface area (Å²) in [4.78, 5) is 17.6. The number of carboxylic acids is 1. The molecule has 0 saturated heterocycles. The van der Waals surface area contributed by atoms with Crippen molar-refractivity contribution < 1.29 is 15.0 Å². The van der Waals surface area contributed by atoms with Gasteiger partial charge in [-0.1, -0.05) is 6.07 Å². The number of nitrogens with zero attached hydrogens (tertiary/aromatic N) is 1. The number of aliphatic carboxylic acids is 1. The van der Waals surface area contributed by atoms with E-state index >= 15 is 0 Å². The van der Waals surface area contributed by atoms with Crippen LogP contribution in [-0.4, -0.2) is 26.2 Å². The minimum atomic E-state index is -1.53. The molecular formula is C9H7IN2O3. The number of hydrogen-bond acceptors (Lipinski definition) is 3. The lowest BCUT2D eigenvalue weighted by Gasteiger charge is -2.06. The van der Waals surface area contributed by atoms with Gasteiger partial charge in [-0.3, -0.25) is 0 Å². The summed E-state index contributed by atoms with van der Waals surface area (Å²) in [5.74, 6) is -1.28. The minimum Gasteiger partial charge on any atom is -0.479 e. The Kier molecular flexibility index (Phi) is 2.61. The van der Waals surface area contributed by atoms with Crippen LogP contribution in [-0.2, 0) is 4.79 Å². The van der Waals surface area contributed by atoms with Gasteiger partial charge >= 0.3 is 5.97 Å². The molecule has 1 heterocycles. The van der Waals surface area contributed by atoms with Crippen LogP contribution in [0.25, 0.3) is 11.0 Å². The fourth-order valence-electron chi connectivity index (χ4n) is 1.37. The summed E-state index contributed by atoms with van der Waals surface area (Å²) in [5.41, 5.74) is 1.55. The van der Waals surface area contributed by atoms with Crippen molar-refractivity contribution in [2.24, 2.45) is 0 Å². The number of imidazole rings is 1. The molecule has 6 heteroatoms. The zero-order valence-electron chi connectivity index (χ0n) is 7.44. The number of fused-ring (bicyclic) bond motifs is 1. The van der Waals surface area contributed by atoms with Crippen molar-refractivity contribution >= 4 is 39.6 Å². The Balaban J connectivity index is 2.67. The van der Waals surface area contributed by atoms with E-state index in [2.05, 4.69) is 32.6 Å². The molecule has 0 spiro atoms. The van der Waals surface area contributed by atoms with Crippen molar-refractivity contribution in [2.75, 3.05) is 0 Å². The Bertz CT molecular complexity index is 523. The molecule has 0 amide bonds. The molecule has 2 rings (SSSR count). The molecule has 1 unspecified atom stereocenters. The maximum absolute atomic E-state index is 10.7. The number of aromatic nitrogens is 2. The predicted molar refractivity (Wildman–Crippen MR) is 61.4 cm³/mol. The molecule has 3 N–H and O–H groups in total. The van der Waals surface area contributed by atoms with Crippen LogP contribution in [0.2, 0.25) is 0 Å². The molecule has 1 aromatic heterocycles. The molecule has 78 valence electrons. The quantitative estimate of drug-likeness (QED) is 0.728. The average Bonchev–Trinajstić information content (AvgIpc) is 2.66. The van der Waals surface area contributed by atoms with Crippen LogP contribution in [0.5, 0.6) is 0 Å². The topological polar surface area (TPSA) is 86.2 Å². The van der Waals surface area contributed by atoms with Gasteiger partial charge < -0.3 is 15.2 Å². The van der Waals surface area contributed by atoms with Gasteiger partial charge in [0.05, 0.1) is 17.4 Å². The molecule has 0 radical (unpaired) electrons. The number of H-pyrrole nitrogens is 1. The van der Waals surface area contributed by atoms with Crippen molar-refractivity contribution in [1.82, 2.24) is 9.97 Å². The maximum Gasteiger partial charge on any atom is 0.337 e. The number of carbonyl (C=O) groups is 1. The number of aromatic amines is 1. The van der Waals surface area contributed by atoms with Crippen LogP contribution in [0.1, 0.15) is 11.7 Å². The predicted octanol–water partition coefficient (Wildman–Crippen LogP) is 1.29. The SMILES string of the molecule is O=C(O)C(O)c1ccc(I)c2[nH]cnc12. The smallest absolute Gasteiger partial charge is 0.337 e. The van der Waals surface area contributed by atoms with Gasteiger partial charge in [0.25, 0.3) is 0 Å². The van der Waals surface area contributed by atoms with Gasteiger partial charge in [0.2, 0.25) is 0 Å². The maximum atomic E-state index is 10.7. The highest BCUT2D eigenvalue weighted by Crippen LogP contribution is 2.25. The molecule has 1 aromatic carbocycles. The second-order valence-electron chi connectivity index (χ2n) is 3.00. The van der Waals surface area contributed by atoms with Crippen molar-refractivity contribution in [3.63, 3.8) is 0 Å². The number of halogens is 1. The zero-order valence-corrected chi connectivity index (χ0v) is 9.59. The second kappa shape index (κ2) is 3.78. The third kappa shape index (κ3) is 1.70. The Morgan fingerprint density at radius 3 is 2.93 bits per heavy atom. The molecule has 0 aliphatic heterocycles. The Hall–Kier alpha value is -1.15. The zero-order chi connectivity index (χ0) is 11.0. The lowest BCUT2D eigenvalue weighted by molar-refractivity contribution is -0.146. The third-order valence-electron chi connectivity index (χ3n) is 2.09. The molecule has 0 aliphatic carbocycles. The van der Waals surface area contributed by atoms with E-state index in [1.54, 1.807) is 12.1 Å². The van der Waals surface area contributed by atoms with Gasteiger partial charge in [0, 0.05) is 9.13 Å². The summed E-state index contributed by atoms with van der Waals surface area (Å²) >= 11 is 2.11. The first-order valence-electron chi connectivity index (χ1n) is 4.13. The van der Waals surface area contributed by atoms with Crippen LogP contribution in [0, 0.1) is 3.57 Å². The number of hydrogen-bond donors (Lipinski definition) is 3.